The third-order valence-corrected chi connectivity index (χ3v) is 6.87. The highest BCUT2D eigenvalue weighted by Crippen LogP contribution is 2.37. The number of hydrogen-bond donors (Lipinski definition) is 1. The van der Waals surface area contributed by atoms with E-state index in [9.17, 15) is 9.59 Å². The van der Waals surface area contributed by atoms with Gasteiger partial charge in [-0.2, -0.15) is 0 Å². The highest BCUT2D eigenvalue weighted by molar-refractivity contribution is 6.26. The van der Waals surface area contributed by atoms with Gasteiger partial charge in [0.1, 0.15) is 11.1 Å². The predicted molar refractivity (Wildman–Crippen MR) is 144 cm³/mol. The Labute approximate surface area is 201 Å². The summed E-state index contributed by atoms with van der Waals surface area (Å²) in [4.78, 5) is 28.2. The van der Waals surface area contributed by atoms with Gasteiger partial charge in [0.15, 0.2) is 0 Å². The van der Waals surface area contributed by atoms with Crippen molar-refractivity contribution >= 4 is 60.6 Å². The average Bonchev–Trinajstić information content (AvgIpc) is 2.88. The number of benzene rings is 5. The number of nitrogens with zero attached hydrogens (tertiary/aromatic N) is 1. The Hall–Kier alpha value is -4.38. The molecule has 0 saturated carbocycles. The molecule has 0 aliphatic rings. The Morgan fingerprint density at radius 2 is 1.46 bits per heavy atom. The first-order valence-electron chi connectivity index (χ1n) is 11.9. The predicted octanol–water partition coefficient (Wildman–Crippen LogP) is 6.79. The maximum atomic E-state index is 13.2. The second-order valence-corrected chi connectivity index (χ2v) is 8.77. The van der Waals surface area contributed by atoms with Crippen molar-refractivity contribution in [3.8, 4) is 0 Å². The van der Waals surface area contributed by atoms with Crippen molar-refractivity contribution in [2.75, 3.05) is 23.3 Å². The summed E-state index contributed by atoms with van der Waals surface area (Å²) in [5.74, 6) is -0.483. The first kappa shape index (κ1) is 21.2. The fourth-order valence-corrected chi connectivity index (χ4v) is 5.08. The van der Waals surface area contributed by atoms with E-state index < -0.39 is 11.5 Å². The average molecular weight is 461 g/mol. The highest BCUT2D eigenvalue weighted by atomic mass is 16.4. The van der Waals surface area contributed by atoms with Crippen LogP contribution < -0.4 is 15.8 Å². The molecule has 0 bridgehead atoms. The quantitative estimate of drug-likeness (QED) is 0.227. The van der Waals surface area contributed by atoms with Gasteiger partial charge >= 0.3 is 5.63 Å². The minimum atomic E-state index is -0.649. The summed E-state index contributed by atoms with van der Waals surface area (Å²) in [7, 11) is 0. The molecular formula is C30H24N2O3. The van der Waals surface area contributed by atoms with Crippen molar-refractivity contribution in [1.29, 1.82) is 0 Å². The summed E-state index contributed by atoms with van der Waals surface area (Å²) in [6.07, 6.45) is 0. The van der Waals surface area contributed by atoms with Crippen LogP contribution in [0.15, 0.2) is 88.1 Å². The number of hydrogen-bond acceptors (Lipinski definition) is 4. The van der Waals surface area contributed by atoms with Gasteiger partial charge in [0, 0.05) is 41.3 Å². The number of nitrogens with one attached hydrogen (secondary N) is 1. The third-order valence-electron chi connectivity index (χ3n) is 6.87. The fraction of sp³-hybridized carbons (Fsp3) is 0.133. The zero-order valence-electron chi connectivity index (χ0n) is 19.6. The van der Waals surface area contributed by atoms with Gasteiger partial charge in [0.25, 0.3) is 5.91 Å². The van der Waals surface area contributed by atoms with Crippen molar-refractivity contribution in [2.24, 2.45) is 0 Å². The van der Waals surface area contributed by atoms with Crippen LogP contribution in [0, 0.1) is 0 Å². The summed E-state index contributed by atoms with van der Waals surface area (Å²) >= 11 is 0. The van der Waals surface area contributed by atoms with Crippen LogP contribution in [-0.4, -0.2) is 19.0 Å². The van der Waals surface area contributed by atoms with Gasteiger partial charge in [0.05, 0.1) is 0 Å². The van der Waals surface area contributed by atoms with Gasteiger partial charge in [0.2, 0.25) is 0 Å². The molecule has 172 valence electrons. The summed E-state index contributed by atoms with van der Waals surface area (Å²) in [6, 6.07) is 25.8. The third kappa shape index (κ3) is 3.39. The van der Waals surface area contributed by atoms with Crippen molar-refractivity contribution in [3.63, 3.8) is 0 Å². The molecule has 0 unspecified atom stereocenters. The normalized spacial score (nSPS) is 11.6. The Bertz CT molecular complexity index is 1780. The molecule has 6 rings (SSSR count). The maximum absolute atomic E-state index is 13.2. The molecule has 0 fully saturated rings. The molecule has 0 atom stereocenters. The van der Waals surface area contributed by atoms with Gasteiger partial charge in [-0.3, -0.25) is 4.79 Å². The monoisotopic (exact) mass is 460 g/mol. The molecule has 35 heavy (non-hydrogen) atoms. The van der Waals surface area contributed by atoms with Crippen molar-refractivity contribution in [1.82, 2.24) is 0 Å². The van der Waals surface area contributed by atoms with E-state index in [1.807, 2.05) is 36.4 Å². The number of carbonyl (C=O) groups is 1. The molecular weight excluding hydrogens is 436 g/mol. The van der Waals surface area contributed by atoms with E-state index in [0.717, 1.165) is 45.7 Å². The van der Waals surface area contributed by atoms with Crippen LogP contribution in [0.2, 0.25) is 0 Å². The zero-order chi connectivity index (χ0) is 24.1. The van der Waals surface area contributed by atoms with Crippen LogP contribution in [0.25, 0.3) is 43.3 Å². The molecule has 5 heteroatoms. The molecule has 0 aliphatic carbocycles. The largest absolute Gasteiger partial charge is 0.422 e. The fourth-order valence-electron chi connectivity index (χ4n) is 5.08. The Morgan fingerprint density at radius 1 is 0.800 bits per heavy atom. The van der Waals surface area contributed by atoms with Crippen molar-refractivity contribution in [3.05, 3.63) is 94.8 Å². The molecule has 1 amide bonds. The van der Waals surface area contributed by atoms with E-state index in [1.54, 1.807) is 6.07 Å². The topological polar surface area (TPSA) is 62.6 Å². The second-order valence-electron chi connectivity index (χ2n) is 8.77. The number of carbonyl (C=O) groups excluding carboxylic acids is 1. The van der Waals surface area contributed by atoms with E-state index in [1.165, 1.54) is 5.39 Å². The van der Waals surface area contributed by atoms with E-state index in [-0.39, 0.29) is 5.56 Å². The first-order valence-corrected chi connectivity index (χ1v) is 11.9. The lowest BCUT2D eigenvalue weighted by atomic mass is 9.93. The molecule has 5 aromatic carbocycles. The van der Waals surface area contributed by atoms with E-state index in [4.69, 9.17) is 4.42 Å². The Kier molecular flexibility index (Phi) is 4.92. The van der Waals surface area contributed by atoms with Crippen LogP contribution in [0.4, 0.5) is 11.4 Å². The lowest BCUT2D eigenvalue weighted by Gasteiger charge is -2.21. The van der Waals surface area contributed by atoms with Crippen LogP contribution in [0.3, 0.4) is 0 Å². The van der Waals surface area contributed by atoms with Gasteiger partial charge in [-0.1, -0.05) is 48.5 Å². The number of anilines is 2. The summed E-state index contributed by atoms with van der Waals surface area (Å²) in [6.45, 7) is 5.87. The number of fused-ring (bicyclic) bond motifs is 1. The maximum Gasteiger partial charge on any atom is 0.349 e. The summed E-state index contributed by atoms with van der Waals surface area (Å²) in [5.41, 5.74) is 1.45. The van der Waals surface area contributed by atoms with Gasteiger partial charge in [-0.25, -0.2) is 4.79 Å². The van der Waals surface area contributed by atoms with E-state index >= 15 is 0 Å². The SMILES string of the molecule is CCN(CC)c1ccc2cc(C(=O)Nc3ccc4ccc5cccc6ccc3c4c56)c(=O)oc2c1. The van der Waals surface area contributed by atoms with Gasteiger partial charge in [-0.15, -0.1) is 0 Å². The van der Waals surface area contributed by atoms with Gasteiger partial charge in [-0.05, 0) is 65.0 Å². The molecule has 0 saturated heterocycles. The molecule has 1 aromatic heterocycles. The Morgan fingerprint density at radius 3 is 2.20 bits per heavy atom. The minimum Gasteiger partial charge on any atom is -0.422 e. The van der Waals surface area contributed by atoms with Crippen LogP contribution in [0.1, 0.15) is 24.2 Å². The minimum absolute atomic E-state index is 0.0150. The molecule has 0 spiro atoms. The first-order chi connectivity index (χ1) is 17.1. The second kappa shape index (κ2) is 8.13. The summed E-state index contributed by atoms with van der Waals surface area (Å²) < 4.78 is 5.57. The van der Waals surface area contributed by atoms with Crippen molar-refractivity contribution < 1.29 is 9.21 Å². The van der Waals surface area contributed by atoms with Crippen molar-refractivity contribution in [2.45, 2.75) is 13.8 Å². The lowest BCUT2D eigenvalue weighted by molar-refractivity contribution is 0.102. The molecule has 5 nitrogen and oxygen atoms in total. The molecule has 0 radical (unpaired) electrons. The van der Waals surface area contributed by atoms with Gasteiger partial charge < -0.3 is 14.6 Å². The molecule has 1 heterocycles. The molecule has 1 N–H and O–H groups in total. The molecule has 0 aliphatic heterocycles. The number of rotatable bonds is 5. The molecule has 6 aromatic rings. The van der Waals surface area contributed by atoms with Crippen LogP contribution >= 0.6 is 0 Å². The lowest BCUT2D eigenvalue weighted by Crippen LogP contribution is -2.22. The number of amides is 1. The van der Waals surface area contributed by atoms with E-state index in [0.29, 0.717) is 16.7 Å². The van der Waals surface area contributed by atoms with Crippen LogP contribution in [-0.2, 0) is 0 Å². The van der Waals surface area contributed by atoms with E-state index in [2.05, 4.69) is 60.5 Å². The summed E-state index contributed by atoms with van der Waals surface area (Å²) in [5, 5.41) is 10.3. The smallest absolute Gasteiger partial charge is 0.349 e. The van der Waals surface area contributed by atoms with Crippen LogP contribution in [0.5, 0.6) is 0 Å². The highest BCUT2D eigenvalue weighted by Gasteiger charge is 2.17. The standard InChI is InChI=1S/C30H24N2O3/c1-3-32(4-2)22-13-10-21-16-24(30(34)35-26(21)17-22)29(33)31-25-15-12-20-9-8-18-6-5-7-19-11-14-23(25)28(20)27(18)19/h5-17H,3-4H2,1-2H3,(H,31,33). The zero-order valence-corrected chi connectivity index (χ0v) is 19.6. The Balaban J connectivity index is 1.41.